The number of hydrogen-bond acceptors (Lipinski definition) is 9. The second kappa shape index (κ2) is 10.7. The van der Waals surface area contributed by atoms with Gasteiger partial charge in [0.1, 0.15) is 17.3 Å². The molecule has 1 saturated heterocycles. The van der Waals surface area contributed by atoms with Gasteiger partial charge < -0.3 is 19.8 Å². The average molecular weight is 553 g/mol. The van der Waals surface area contributed by atoms with Crippen LogP contribution in [0.4, 0.5) is 16.0 Å². The molecule has 0 saturated carbocycles. The number of nitrogens with two attached hydrogens (primary N) is 1. The van der Waals surface area contributed by atoms with E-state index in [0.717, 1.165) is 30.5 Å². The van der Waals surface area contributed by atoms with E-state index in [1.165, 1.54) is 6.07 Å². The van der Waals surface area contributed by atoms with E-state index in [9.17, 15) is 8.60 Å². The van der Waals surface area contributed by atoms with Gasteiger partial charge in [0.15, 0.2) is 11.4 Å². The van der Waals surface area contributed by atoms with Crippen LogP contribution < -0.4 is 15.4 Å². The van der Waals surface area contributed by atoms with Gasteiger partial charge in [-0.05, 0) is 30.3 Å². The summed E-state index contributed by atoms with van der Waals surface area (Å²) in [6.07, 6.45) is 5.02. The number of benzene rings is 1. The van der Waals surface area contributed by atoms with Gasteiger partial charge in [0.2, 0.25) is 5.95 Å². The van der Waals surface area contributed by atoms with Gasteiger partial charge in [0.25, 0.3) is 0 Å². The van der Waals surface area contributed by atoms with Crippen LogP contribution in [0.1, 0.15) is 0 Å². The highest BCUT2D eigenvalue weighted by Crippen LogP contribution is 2.27. The van der Waals surface area contributed by atoms with E-state index in [0.29, 0.717) is 60.5 Å². The number of anilines is 2. The Labute approximate surface area is 226 Å². The van der Waals surface area contributed by atoms with Crippen LogP contribution in [-0.2, 0) is 17.3 Å². The summed E-state index contributed by atoms with van der Waals surface area (Å²) >= 11 is 0. The standard InChI is InChI=1S/C26H29FN8O3S/c1-39(36)14-13-37-18-4-5-22(20(27)15-18)33-9-6-32(7-10-33)8-11-34-25-19(17-29-34)23-16-21(24-3-2-12-38-24)31-35(23)26(28)30-25/h2-5,12,15-17H,6-11,13-14H2,1H3,(H2,28,30)/t39-/m1/s1. The van der Waals surface area contributed by atoms with Gasteiger partial charge in [-0.3, -0.25) is 9.11 Å². The summed E-state index contributed by atoms with van der Waals surface area (Å²) in [6, 6.07) is 10.5. The van der Waals surface area contributed by atoms with Gasteiger partial charge in [0.05, 0.1) is 48.0 Å². The Morgan fingerprint density at radius 3 is 2.74 bits per heavy atom. The van der Waals surface area contributed by atoms with Crippen LogP contribution in [-0.4, -0.2) is 84.8 Å². The van der Waals surface area contributed by atoms with Crippen molar-refractivity contribution in [3.05, 3.63) is 54.7 Å². The van der Waals surface area contributed by atoms with Crippen molar-refractivity contribution >= 4 is 39.0 Å². The summed E-state index contributed by atoms with van der Waals surface area (Å²) in [6.45, 7) is 4.75. The van der Waals surface area contributed by atoms with E-state index < -0.39 is 10.8 Å². The van der Waals surface area contributed by atoms with Crippen LogP contribution in [0.5, 0.6) is 5.75 Å². The quantitative estimate of drug-likeness (QED) is 0.294. The molecular formula is C26H29FN8O3S. The first kappa shape index (κ1) is 25.3. The largest absolute Gasteiger partial charge is 0.493 e. The van der Waals surface area contributed by atoms with Crippen molar-refractivity contribution in [1.82, 2.24) is 29.3 Å². The number of piperazine rings is 1. The molecule has 1 aliphatic heterocycles. The molecule has 6 rings (SSSR count). The Kier molecular flexibility index (Phi) is 6.92. The van der Waals surface area contributed by atoms with Crippen molar-refractivity contribution in [3.63, 3.8) is 0 Å². The molecule has 204 valence electrons. The molecule has 1 fully saturated rings. The van der Waals surface area contributed by atoms with Crippen molar-refractivity contribution in [2.75, 3.05) is 62.0 Å². The molecule has 1 aromatic carbocycles. The van der Waals surface area contributed by atoms with Crippen molar-refractivity contribution < 1.29 is 17.8 Å². The lowest BCUT2D eigenvalue weighted by Crippen LogP contribution is -2.47. The molecule has 0 radical (unpaired) electrons. The van der Waals surface area contributed by atoms with E-state index >= 15 is 0 Å². The first-order valence-electron chi connectivity index (χ1n) is 12.7. The third-order valence-electron chi connectivity index (χ3n) is 6.91. The van der Waals surface area contributed by atoms with Crippen molar-refractivity contribution in [2.24, 2.45) is 0 Å². The van der Waals surface area contributed by atoms with Crippen LogP contribution in [0.3, 0.4) is 0 Å². The molecule has 11 nitrogen and oxygen atoms in total. The molecule has 0 aliphatic carbocycles. The zero-order valence-corrected chi connectivity index (χ0v) is 22.3. The molecule has 13 heteroatoms. The van der Waals surface area contributed by atoms with E-state index in [-0.39, 0.29) is 11.8 Å². The van der Waals surface area contributed by atoms with Gasteiger partial charge in [-0.15, -0.1) is 0 Å². The molecule has 0 spiro atoms. The fourth-order valence-corrected chi connectivity index (χ4v) is 5.17. The lowest BCUT2D eigenvalue weighted by atomic mass is 10.2. The number of hydrogen-bond donors (Lipinski definition) is 1. The molecule has 0 unspecified atom stereocenters. The lowest BCUT2D eigenvalue weighted by molar-refractivity contribution is 0.245. The van der Waals surface area contributed by atoms with Crippen molar-refractivity contribution in [1.29, 1.82) is 0 Å². The number of halogens is 1. The van der Waals surface area contributed by atoms with Crippen LogP contribution in [0.25, 0.3) is 28.0 Å². The summed E-state index contributed by atoms with van der Waals surface area (Å²) in [7, 11) is -0.939. The average Bonchev–Trinajstić information content (AvgIpc) is 3.68. The molecule has 0 bridgehead atoms. The molecule has 39 heavy (non-hydrogen) atoms. The maximum Gasteiger partial charge on any atom is 0.223 e. The Bertz CT molecular complexity index is 1630. The summed E-state index contributed by atoms with van der Waals surface area (Å²) in [4.78, 5) is 8.96. The van der Waals surface area contributed by atoms with E-state index in [1.807, 2.05) is 22.9 Å². The molecule has 4 aromatic heterocycles. The van der Waals surface area contributed by atoms with Gasteiger partial charge in [-0.25, -0.2) is 9.07 Å². The number of nitrogens with zero attached hydrogens (tertiary/aromatic N) is 7. The highest BCUT2D eigenvalue weighted by molar-refractivity contribution is 7.84. The fraction of sp³-hybridized carbons (Fsp3) is 0.346. The maximum atomic E-state index is 14.8. The second-order valence-corrected chi connectivity index (χ2v) is 11.0. The number of fused-ring (bicyclic) bond motifs is 3. The zero-order valence-electron chi connectivity index (χ0n) is 21.5. The third kappa shape index (κ3) is 5.19. The highest BCUT2D eigenvalue weighted by atomic mass is 32.2. The number of rotatable bonds is 9. The van der Waals surface area contributed by atoms with Gasteiger partial charge in [0, 0.05) is 55.8 Å². The van der Waals surface area contributed by atoms with Gasteiger partial charge >= 0.3 is 0 Å². The zero-order chi connectivity index (χ0) is 26.9. The SMILES string of the molecule is C[S@@](=O)CCOc1ccc(N2CCN(CCn3ncc4c3nc(N)n3nc(-c5ccco5)cc43)CC2)c(F)c1. The van der Waals surface area contributed by atoms with Crippen LogP contribution in [0, 0.1) is 5.82 Å². The maximum absolute atomic E-state index is 14.8. The topological polar surface area (TPSA) is 120 Å². The van der Waals surface area contributed by atoms with E-state index in [4.69, 9.17) is 14.9 Å². The first-order chi connectivity index (χ1) is 19.0. The number of nitrogen functional groups attached to an aromatic ring is 1. The highest BCUT2D eigenvalue weighted by Gasteiger charge is 2.21. The van der Waals surface area contributed by atoms with Gasteiger partial charge in [-0.1, -0.05) is 0 Å². The summed E-state index contributed by atoms with van der Waals surface area (Å²) in [5.41, 5.74) is 9.01. The summed E-state index contributed by atoms with van der Waals surface area (Å²) in [5.74, 6) is 1.50. The monoisotopic (exact) mass is 552 g/mol. The lowest BCUT2D eigenvalue weighted by Gasteiger charge is -2.36. The van der Waals surface area contributed by atoms with Crippen molar-refractivity contribution in [3.8, 4) is 17.2 Å². The minimum Gasteiger partial charge on any atom is -0.493 e. The molecular weight excluding hydrogens is 523 g/mol. The Balaban J connectivity index is 1.08. The van der Waals surface area contributed by atoms with Crippen molar-refractivity contribution in [2.45, 2.75) is 6.54 Å². The molecule has 5 heterocycles. The molecule has 1 atom stereocenters. The first-order valence-corrected chi connectivity index (χ1v) is 14.4. The minimum absolute atomic E-state index is 0.282. The summed E-state index contributed by atoms with van der Waals surface area (Å²) in [5, 5.41) is 9.98. The number of aromatic nitrogens is 5. The summed E-state index contributed by atoms with van der Waals surface area (Å²) < 4.78 is 40.4. The smallest absolute Gasteiger partial charge is 0.223 e. The molecule has 5 aromatic rings. The Morgan fingerprint density at radius 1 is 1.15 bits per heavy atom. The Morgan fingerprint density at radius 2 is 2.00 bits per heavy atom. The Hall–Kier alpha value is -3.97. The fourth-order valence-electron chi connectivity index (χ4n) is 4.85. The van der Waals surface area contributed by atoms with Crippen LogP contribution >= 0.6 is 0 Å². The number of furan rings is 1. The van der Waals surface area contributed by atoms with Crippen LogP contribution in [0.2, 0.25) is 0 Å². The van der Waals surface area contributed by atoms with Crippen LogP contribution in [0.15, 0.2) is 53.3 Å². The predicted octanol–water partition coefficient (Wildman–Crippen LogP) is 2.64. The minimum atomic E-state index is -0.939. The van der Waals surface area contributed by atoms with E-state index in [2.05, 4.69) is 25.0 Å². The molecule has 2 N–H and O–H groups in total. The third-order valence-corrected chi connectivity index (χ3v) is 7.65. The normalized spacial score (nSPS) is 15.4. The van der Waals surface area contributed by atoms with E-state index in [1.54, 1.807) is 35.4 Å². The number of ether oxygens (including phenoxy) is 1. The molecule has 1 aliphatic rings. The second-order valence-electron chi connectivity index (χ2n) is 9.45. The predicted molar refractivity (Wildman–Crippen MR) is 148 cm³/mol. The molecule has 0 amide bonds. The van der Waals surface area contributed by atoms with Gasteiger partial charge in [-0.2, -0.15) is 19.7 Å².